The van der Waals surface area contributed by atoms with Gasteiger partial charge in [0.25, 0.3) is 10.0 Å². The lowest BCUT2D eigenvalue weighted by Gasteiger charge is -2.27. The molecule has 0 unspecified atom stereocenters. The number of anilines is 1. The zero-order valence-corrected chi connectivity index (χ0v) is 15.7. The molecule has 0 radical (unpaired) electrons. The van der Waals surface area contributed by atoms with Gasteiger partial charge in [0.15, 0.2) is 5.78 Å². The molecule has 0 aliphatic heterocycles. The molecule has 0 saturated heterocycles. The first kappa shape index (κ1) is 17.7. The summed E-state index contributed by atoms with van der Waals surface area (Å²) in [5, 5.41) is 0.602. The third-order valence-electron chi connectivity index (χ3n) is 4.69. The Morgan fingerprint density at radius 2 is 1.78 bits per heavy atom. The van der Waals surface area contributed by atoms with Crippen LogP contribution in [0.1, 0.15) is 36.4 Å². The molecule has 0 saturated carbocycles. The van der Waals surface area contributed by atoms with Gasteiger partial charge in [-0.05, 0) is 47.9 Å². The van der Waals surface area contributed by atoms with Crippen molar-refractivity contribution < 1.29 is 22.0 Å². The second-order valence-electron chi connectivity index (χ2n) is 7.61. The lowest BCUT2D eigenvalue weighted by Crippen LogP contribution is -2.25. The van der Waals surface area contributed by atoms with Gasteiger partial charge < -0.3 is 4.42 Å². The Kier molecular flexibility index (Phi) is 3.89. The number of fused-ring (bicyclic) bond motifs is 3. The number of hydrogen-bond acceptors (Lipinski definition) is 4. The minimum Gasteiger partial charge on any atom is -0.460 e. The van der Waals surface area contributed by atoms with Crippen LogP contribution in [0.3, 0.4) is 0 Å². The first-order chi connectivity index (χ1) is 12.6. The molecule has 0 bridgehead atoms. The Morgan fingerprint density at radius 3 is 2.48 bits per heavy atom. The van der Waals surface area contributed by atoms with E-state index in [0.717, 1.165) is 12.1 Å². The van der Waals surface area contributed by atoms with Crippen molar-refractivity contribution in [1.82, 2.24) is 0 Å². The predicted octanol–water partition coefficient (Wildman–Crippen LogP) is 4.53. The zero-order valence-electron chi connectivity index (χ0n) is 14.9. The summed E-state index contributed by atoms with van der Waals surface area (Å²) in [5.74, 6) is 0.130. The van der Waals surface area contributed by atoms with Gasteiger partial charge in [0.2, 0.25) is 0 Å². The largest absolute Gasteiger partial charge is 0.460 e. The number of carbonyl (C=O) groups is 1. The van der Waals surface area contributed by atoms with Crippen LogP contribution in [-0.2, 0) is 16.4 Å². The van der Waals surface area contributed by atoms with Crippen molar-refractivity contribution in [3.63, 3.8) is 0 Å². The third-order valence-corrected chi connectivity index (χ3v) is 6.09. The SMILES string of the molecule is CC1(C)CC(=O)c2c(oc3ccc(NS(=O)(=O)c4ccc(F)cc4)cc23)C1. The fraction of sp³-hybridized carbons (Fsp3) is 0.250. The van der Waals surface area contributed by atoms with Crippen LogP contribution in [0, 0.1) is 11.2 Å². The second-order valence-corrected chi connectivity index (χ2v) is 9.29. The molecule has 1 aliphatic rings. The summed E-state index contributed by atoms with van der Waals surface area (Å²) in [6, 6.07) is 9.40. The summed E-state index contributed by atoms with van der Waals surface area (Å²) < 4.78 is 46.3. The van der Waals surface area contributed by atoms with E-state index in [0.29, 0.717) is 40.8 Å². The Morgan fingerprint density at radius 1 is 1.07 bits per heavy atom. The number of hydrogen-bond donors (Lipinski definition) is 1. The van der Waals surface area contributed by atoms with Gasteiger partial charge in [-0.2, -0.15) is 0 Å². The molecule has 1 aromatic heterocycles. The van der Waals surface area contributed by atoms with Gasteiger partial charge in [-0.1, -0.05) is 13.8 Å². The van der Waals surface area contributed by atoms with E-state index < -0.39 is 15.8 Å². The summed E-state index contributed by atoms with van der Waals surface area (Å²) in [5.41, 5.74) is 1.24. The number of ketones is 1. The lowest BCUT2D eigenvalue weighted by molar-refractivity contribution is 0.0906. The van der Waals surface area contributed by atoms with E-state index in [4.69, 9.17) is 4.42 Å². The third kappa shape index (κ3) is 3.23. The van der Waals surface area contributed by atoms with Gasteiger partial charge in [0, 0.05) is 23.9 Å². The van der Waals surface area contributed by atoms with Gasteiger partial charge in [-0.3, -0.25) is 9.52 Å². The molecule has 0 amide bonds. The van der Waals surface area contributed by atoms with E-state index >= 15 is 0 Å². The molecular formula is C20H18FNO4S. The molecule has 2 aromatic carbocycles. The first-order valence-electron chi connectivity index (χ1n) is 8.52. The van der Waals surface area contributed by atoms with E-state index in [2.05, 4.69) is 4.72 Å². The van der Waals surface area contributed by atoms with E-state index in [1.165, 1.54) is 12.1 Å². The van der Waals surface area contributed by atoms with Gasteiger partial charge in [-0.25, -0.2) is 12.8 Å². The minimum absolute atomic E-state index is 0.00135. The molecule has 7 heteroatoms. The number of halogens is 1. The topological polar surface area (TPSA) is 76.4 Å². The summed E-state index contributed by atoms with van der Waals surface area (Å²) >= 11 is 0. The van der Waals surface area contributed by atoms with Gasteiger partial charge in [0.1, 0.15) is 17.2 Å². The quantitative estimate of drug-likeness (QED) is 0.716. The Bertz CT molecular complexity index is 1160. The highest BCUT2D eigenvalue weighted by molar-refractivity contribution is 7.92. The van der Waals surface area contributed by atoms with Gasteiger partial charge in [-0.15, -0.1) is 0 Å². The molecule has 0 spiro atoms. The van der Waals surface area contributed by atoms with Crippen LogP contribution < -0.4 is 4.72 Å². The molecule has 4 rings (SSSR count). The first-order valence-corrected chi connectivity index (χ1v) is 10.00. The molecular weight excluding hydrogens is 369 g/mol. The fourth-order valence-electron chi connectivity index (χ4n) is 3.49. The molecule has 27 heavy (non-hydrogen) atoms. The van der Waals surface area contributed by atoms with Crippen molar-refractivity contribution in [2.45, 2.75) is 31.6 Å². The minimum atomic E-state index is -3.87. The van der Waals surface area contributed by atoms with E-state index in [9.17, 15) is 17.6 Å². The summed E-state index contributed by atoms with van der Waals surface area (Å²) in [6.45, 7) is 4.03. The molecule has 0 atom stereocenters. The summed E-state index contributed by atoms with van der Waals surface area (Å²) in [4.78, 5) is 12.5. The van der Waals surface area contributed by atoms with Crippen molar-refractivity contribution in [2.24, 2.45) is 5.41 Å². The predicted molar refractivity (Wildman–Crippen MR) is 99.9 cm³/mol. The van der Waals surface area contributed by atoms with Crippen molar-refractivity contribution in [1.29, 1.82) is 0 Å². The van der Waals surface area contributed by atoms with Crippen molar-refractivity contribution in [3.05, 3.63) is 59.6 Å². The van der Waals surface area contributed by atoms with Crippen LogP contribution in [0.2, 0.25) is 0 Å². The maximum absolute atomic E-state index is 13.0. The maximum atomic E-state index is 13.0. The second kappa shape index (κ2) is 5.92. The smallest absolute Gasteiger partial charge is 0.261 e. The molecule has 1 N–H and O–H groups in total. The van der Waals surface area contributed by atoms with Crippen molar-refractivity contribution in [2.75, 3.05) is 4.72 Å². The van der Waals surface area contributed by atoms with Crippen LogP contribution in [0.15, 0.2) is 51.8 Å². The fourth-order valence-corrected chi connectivity index (χ4v) is 4.54. The van der Waals surface area contributed by atoms with Gasteiger partial charge >= 0.3 is 0 Å². The van der Waals surface area contributed by atoms with E-state index in [-0.39, 0.29) is 16.1 Å². The summed E-state index contributed by atoms with van der Waals surface area (Å²) in [6.07, 6.45) is 1.07. The highest BCUT2D eigenvalue weighted by atomic mass is 32.2. The molecule has 1 aliphatic carbocycles. The van der Waals surface area contributed by atoms with Crippen LogP contribution in [-0.4, -0.2) is 14.2 Å². The number of rotatable bonds is 3. The van der Waals surface area contributed by atoms with Crippen LogP contribution >= 0.6 is 0 Å². The average Bonchev–Trinajstić information content (AvgIpc) is 2.91. The highest BCUT2D eigenvalue weighted by Gasteiger charge is 2.35. The Labute approximate surface area is 156 Å². The number of nitrogens with one attached hydrogen (secondary N) is 1. The number of carbonyl (C=O) groups excluding carboxylic acids is 1. The maximum Gasteiger partial charge on any atom is 0.261 e. The monoisotopic (exact) mass is 387 g/mol. The number of Topliss-reactive ketones (excluding diaryl/α,β-unsaturated/α-hetero) is 1. The van der Waals surface area contributed by atoms with Gasteiger partial charge in [0.05, 0.1) is 10.5 Å². The number of sulfonamides is 1. The normalized spacial score (nSPS) is 16.3. The lowest BCUT2D eigenvalue weighted by atomic mass is 9.76. The average molecular weight is 387 g/mol. The molecule has 0 fully saturated rings. The van der Waals surface area contributed by atoms with Crippen LogP contribution in [0.5, 0.6) is 0 Å². The van der Waals surface area contributed by atoms with Crippen molar-refractivity contribution in [3.8, 4) is 0 Å². The zero-order chi connectivity index (χ0) is 19.4. The van der Waals surface area contributed by atoms with E-state index in [1.807, 2.05) is 13.8 Å². The number of benzene rings is 2. The summed E-state index contributed by atoms with van der Waals surface area (Å²) in [7, 11) is -3.87. The van der Waals surface area contributed by atoms with Crippen LogP contribution in [0.4, 0.5) is 10.1 Å². The molecule has 1 heterocycles. The molecule has 140 valence electrons. The molecule has 5 nitrogen and oxygen atoms in total. The Hall–Kier alpha value is -2.67. The van der Waals surface area contributed by atoms with E-state index in [1.54, 1.807) is 18.2 Å². The highest BCUT2D eigenvalue weighted by Crippen LogP contribution is 2.40. The standard InChI is InChI=1S/C20H18FNO4S/c1-20(2)10-16(23)19-15-9-13(5-8-17(15)26-18(19)11-20)22-27(24,25)14-6-3-12(21)4-7-14/h3-9,22H,10-11H2,1-2H3. The number of furan rings is 1. The van der Waals surface area contributed by atoms with Crippen molar-refractivity contribution >= 4 is 32.5 Å². The Balaban J connectivity index is 1.73. The van der Waals surface area contributed by atoms with Crippen LogP contribution in [0.25, 0.3) is 11.0 Å². The molecule has 3 aromatic rings.